The molecule has 2 aliphatic rings. The molecule has 0 saturated carbocycles. The van der Waals surface area contributed by atoms with Crippen molar-refractivity contribution in [2.45, 2.75) is 38.9 Å². The van der Waals surface area contributed by atoms with E-state index in [1.807, 2.05) is 25.1 Å². The van der Waals surface area contributed by atoms with Crippen molar-refractivity contribution in [3.63, 3.8) is 0 Å². The Bertz CT molecular complexity index is 1300. The highest BCUT2D eigenvalue weighted by molar-refractivity contribution is 6.38. The van der Waals surface area contributed by atoms with Crippen LogP contribution in [-0.4, -0.2) is 46.5 Å². The summed E-state index contributed by atoms with van der Waals surface area (Å²) in [5.74, 6) is 0.109. The van der Waals surface area contributed by atoms with Gasteiger partial charge in [-0.2, -0.15) is 13.2 Å². The van der Waals surface area contributed by atoms with Crippen LogP contribution in [0.4, 0.5) is 24.5 Å². The SMILES string of the molecule is CCN1CCC(Nc2ccc3c(c2)C(=C(c2ccc(C(F)(F)F)cc2)c2nc(C)c[nH]2)C(=O)N3)CC1. The zero-order chi connectivity index (χ0) is 25.4. The topological polar surface area (TPSA) is 73.0 Å². The van der Waals surface area contributed by atoms with Gasteiger partial charge in [-0.1, -0.05) is 19.1 Å². The Kier molecular flexibility index (Phi) is 6.34. The van der Waals surface area contributed by atoms with Gasteiger partial charge in [-0.15, -0.1) is 0 Å². The quantitative estimate of drug-likeness (QED) is 0.406. The van der Waals surface area contributed by atoms with Gasteiger partial charge in [0.05, 0.1) is 16.8 Å². The summed E-state index contributed by atoms with van der Waals surface area (Å²) >= 11 is 0. The lowest BCUT2D eigenvalue weighted by molar-refractivity contribution is -0.137. The number of hydrogen-bond acceptors (Lipinski definition) is 4. The second kappa shape index (κ2) is 9.46. The number of carbonyl (C=O) groups is 1. The largest absolute Gasteiger partial charge is 0.416 e. The molecule has 1 aromatic heterocycles. The van der Waals surface area contributed by atoms with E-state index in [1.165, 1.54) is 12.1 Å². The number of imidazole rings is 1. The minimum atomic E-state index is -4.45. The average molecular weight is 496 g/mol. The Morgan fingerprint density at radius 2 is 1.86 bits per heavy atom. The number of halogens is 3. The molecular weight excluding hydrogens is 467 g/mol. The van der Waals surface area contributed by atoms with Gasteiger partial charge < -0.3 is 20.5 Å². The first-order valence-electron chi connectivity index (χ1n) is 12.1. The normalized spacial score (nSPS) is 18.2. The number of aromatic amines is 1. The number of amides is 1. The Balaban J connectivity index is 1.56. The number of aryl methyl sites for hydroxylation is 1. The third-order valence-electron chi connectivity index (χ3n) is 6.86. The first-order chi connectivity index (χ1) is 17.2. The first-order valence-corrected chi connectivity index (χ1v) is 12.1. The number of piperidine rings is 1. The van der Waals surface area contributed by atoms with E-state index in [0.29, 0.717) is 45.5 Å². The average Bonchev–Trinajstić information content (AvgIpc) is 3.42. The number of carbonyl (C=O) groups excluding carboxylic acids is 1. The fourth-order valence-corrected chi connectivity index (χ4v) is 4.90. The van der Waals surface area contributed by atoms with Crippen molar-refractivity contribution in [3.05, 3.63) is 76.9 Å². The number of hydrogen-bond donors (Lipinski definition) is 3. The van der Waals surface area contributed by atoms with Gasteiger partial charge in [0.25, 0.3) is 5.91 Å². The highest BCUT2D eigenvalue weighted by Crippen LogP contribution is 2.41. The van der Waals surface area contributed by atoms with E-state index in [9.17, 15) is 18.0 Å². The molecule has 1 fully saturated rings. The van der Waals surface area contributed by atoms with Gasteiger partial charge in [0.2, 0.25) is 0 Å². The molecule has 1 amide bonds. The number of likely N-dealkylation sites (tertiary alicyclic amines) is 1. The van der Waals surface area contributed by atoms with Crippen molar-refractivity contribution < 1.29 is 18.0 Å². The standard InChI is InChI=1S/C27H28F3N5O/c1-3-35-12-10-19(11-13-35)33-20-8-9-22-21(14-20)24(26(36)34-22)23(25-31-15-16(2)32-25)17-4-6-18(7-5-17)27(28,29)30/h4-9,14-15,19,33H,3,10-13H2,1-2H3,(H,31,32)(H,34,36). The molecule has 3 heterocycles. The van der Waals surface area contributed by atoms with Crippen LogP contribution in [0.2, 0.25) is 0 Å². The van der Waals surface area contributed by atoms with Crippen LogP contribution in [-0.2, 0) is 11.0 Å². The summed E-state index contributed by atoms with van der Waals surface area (Å²) in [6.07, 6.45) is -0.673. The second-order valence-electron chi connectivity index (χ2n) is 9.28. The van der Waals surface area contributed by atoms with Gasteiger partial charge in [-0.25, -0.2) is 4.98 Å². The fraction of sp³-hybridized carbons (Fsp3) is 0.333. The third-order valence-corrected chi connectivity index (χ3v) is 6.86. The van der Waals surface area contributed by atoms with Crippen LogP contribution in [0.3, 0.4) is 0 Å². The monoisotopic (exact) mass is 495 g/mol. The molecule has 0 aliphatic carbocycles. The van der Waals surface area contributed by atoms with Crippen molar-refractivity contribution in [3.8, 4) is 0 Å². The summed E-state index contributed by atoms with van der Waals surface area (Å²) in [7, 11) is 0. The van der Waals surface area contributed by atoms with Crippen molar-refractivity contribution in [1.82, 2.24) is 14.9 Å². The predicted octanol–water partition coefficient (Wildman–Crippen LogP) is 5.54. The Morgan fingerprint density at radius 3 is 2.47 bits per heavy atom. The van der Waals surface area contributed by atoms with E-state index in [1.54, 1.807) is 6.20 Å². The number of nitrogens with zero attached hydrogens (tertiary/aromatic N) is 2. The smallest absolute Gasteiger partial charge is 0.382 e. The van der Waals surface area contributed by atoms with Crippen LogP contribution in [0.1, 0.15) is 48.0 Å². The van der Waals surface area contributed by atoms with Gasteiger partial charge in [-0.05, 0) is 62.2 Å². The molecule has 2 aromatic carbocycles. The third kappa shape index (κ3) is 4.75. The highest BCUT2D eigenvalue weighted by atomic mass is 19.4. The predicted molar refractivity (Wildman–Crippen MR) is 135 cm³/mol. The highest BCUT2D eigenvalue weighted by Gasteiger charge is 2.33. The molecular formula is C27H28F3N5O. The molecule has 0 radical (unpaired) electrons. The number of anilines is 2. The summed E-state index contributed by atoms with van der Waals surface area (Å²) in [4.78, 5) is 23.2. The minimum absolute atomic E-state index is 0.317. The Hall–Kier alpha value is -3.59. The summed E-state index contributed by atoms with van der Waals surface area (Å²) in [6.45, 7) is 7.11. The number of aromatic nitrogens is 2. The molecule has 2 aliphatic heterocycles. The maximum Gasteiger partial charge on any atom is 0.416 e. The molecule has 6 nitrogen and oxygen atoms in total. The van der Waals surface area contributed by atoms with E-state index in [2.05, 4.69) is 32.4 Å². The van der Waals surface area contributed by atoms with Crippen LogP contribution in [0, 0.1) is 6.92 Å². The minimum Gasteiger partial charge on any atom is -0.382 e. The van der Waals surface area contributed by atoms with Crippen LogP contribution < -0.4 is 10.6 Å². The molecule has 0 bridgehead atoms. The van der Waals surface area contributed by atoms with Crippen LogP contribution >= 0.6 is 0 Å². The zero-order valence-corrected chi connectivity index (χ0v) is 20.2. The van der Waals surface area contributed by atoms with E-state index >= 15 is 0 Å². The summed E-state index contributed by atoms with van der Waals surface area (Å²) in [5.41, 5.74) is 3.53. The van der Waals surface area contributed by atoms with Crippen molar-refractivity contribution in [2.75, 3.05) is 30.3 Å². The zero-order valence-electron chi connectivity index (χ0n) is 20.2. The lowest BCUT2D eigenvalue weighted by Crippen LogP contribution is -2.38. The molecule has 3 N–H and O–H groups in total. The van der Waals surface area contributed by atoms with Crippen molar-refractivity contribution in [2.24, 2.45) is 0 Å². The maximum absolute atomic E-state index is 13.2. The fourth-order valence-electron chi connectivity index (χ4n) is 4.90. The van der Waals surface area contributed by atoms with Crippen molar-refractivity contribution in [1.29, 1.82) is 0 Å². The van der Waals surface area contributed by atoms with Crippen LogP contribution in [0.15, 0.2) is 48.7 Å². The van der Waals surface area contributed by atoms with Gasteiger partial charge >= 0.3 is 6.18 Å². The van der Waals surface area contributed by atoms with E-state index < -0.39 is 11.7 Å². The first kappa shape index (κ1) is 24.1. The van der Waals surface area contributed by atoms with Gasteiger partial charge in [0.15, 0.2) is 0 Å². The van der Waals surface area contributed by atoms with E-state index in [-0.39, 0.29) is 5.91 Å². The summed E-state index contributed by atoms with van der Waals surface area (Å²) in [5, 5.41) is 6.50. The summed E-state index contributed by atoms with van der Waals surface area (Å²) < 4.78 is 39.5. The molecule has 3 aromatic rings. The Labute approximate surface area is 207 Å². The van der Waals surface area contributed by atoms with Crippen molar-refractivity contribution >= 4 is 28.4 Å². The van der Waals surface area contributed by atoms with Crippen LogP contribution in [0.25, 0.3) is 11.1 Å². The molecule has 188 valence electrons. The number of benzene rings is 2. The lowest BCUT2D eigenvalue weighted by atomic mass is 9.93. The molecule has 0 spiro atoms. The molecule has 36 heavy (non-hydrogen) atoms. The number of nitrogens with one attached hydrogen (secondary N) is 3. The van der Waals surface area contributed by atoms with Gasteiger partial charge in [0, 0.05) is 47.8 Å². The molecule has 5 rings (SSSR count). The molecule has 9 heteroatoms. The lowest BCUT2D eigenvalue weighted by Gasteiger charge is -2.32. The number of fused-ring (bicyclic) bond motifs is 1. The number of H-pyrrole nitrogens is 1. The molecule has 0 unspecified atom stereocenters. The molecule has 0 atom stereocenters. The molecule has 1 saturated heterocycles. The summed E-state index contributed by atoms with van der Waals surface area (Å²) in [6, 6.07) is 10.9. The Morgan fingerprint density at radius 1 is 1.14 bits per heavy atom. The number of rotatable bonds is 5. The van der Waals surface area contributed by atoms with Crippen LogP contribution in [0.5, 0.6) is 0 Å². The van der Waals surface area contributed by atoms with Gasteiger partial charge in [-0.3, -0.25) is 4.79 Å². The number of alkyl halides is 3. The van der Waals surface area contributed by atoms with E-state index in [4.69, 9.17) is 0 Å². The second-order valence-corrected chi connectivity index (χ2v) is 9.28. The van der Waals surface area contributed by atoms with E-state index in [0.717, 1.165) is 50.3 Å². The van der Waals surface area contributed by atoms with Gasteiger partial charge in [0.1, 0.15) is 5.82 Å². The maximum atomic E-state index is 13.2.